The third-order valence-electron chi connectivity index (χ3n) is 3.88. The van der Waals surface area contributed by atoms with Gasteiger partial charge in [-0.15, -0.1) is 0 Å². The van der Waals surface area contributed by atoms with Crippen molar-refractivity contribution >= 4 is 17.8 Å². The van der Waals surface area contributed by atoms with Gasteiger partial charge in [-0.3, -0.25) is 0 Å². The molecule has 98 valence electrons. The molecule has 0 aromatic rings. The molecule has 2 unspecified atom stereocenters. The number of hydrogen-bond donors (Lipinski definition) is 0. The van der Waals surface area contributed by atoms with Crippen LogP contribution < -0.4 is 0 Å². The van der Waals surface area contributed by atoms with Gasteiger partial charge < -0.3 is 4.43 Å². The number of unbranched alkanes of at least 4 members (excludes halogenated alkanes) is 1. The molecule has 0 fully saturated rings. The van der Waals surface area contributed by atoms with E-state index in [-0.39, 0.29) is 5.22 Å². The van der Waals surface area contributed by atoms with E-state index in [1.807, 2.05) is 0 Å². The summed E-state index contributed by atoms with van der Waals surface area (Å²) in [6.07, 6.45) is 2.70. The van der Waals surface area contributed by atoms with Crippen LogP contribution in [0, 0.1) is 0 Å². The Balaban J connectivity index is 4.32. The van der Waals surface area contributed by atoms with Crippen molar-refractivity contribution in [2.24, 2.45) is 0 Å². The van der Waals surface area contributed by atoms with Crippen LogP contribution in [0.25, 0.3) is 0 Å². The van der Waals surface area contributed by atoms with Gasteiger partial charge in [-0.05, 0) is 25.4 Å². The molecule has 0 aliphatic rings. The van der Waals surface area contributed by atoms with E-state index < -0.39 is 17.8 Å². The fourth-order valence-corrected chi connectivity index (χ4v) is 6.13. The Morgan fingerprint density at radius 2 is 1.50 bits per heavy atom. The molecule has 0 spiro atoms. The maximum Gasteiger partial charge on any atom is 0.179 e. The summed E-state index contributed by atoms with van der Waals surface area (Å²) in [6.45, 7) is 18.7. The summed E-state index contributed by atoms with van der Waals surface area (Å²) < 4.78 is 6.46. The first kappa shape index (κ1) is 16.4. The monoisotopic (exact) mass is 260 g/mol. The number of hydrogen-bond acceptors (Lipinski definition) is 1. The lowest BCUT2D eigenvalue weighted by atomic mass is 10.3. The highest BCUT2D eigenvalue weighted by atomic mass is 28.3. The van der Waals surface area contributed by atoms with Gasteiger partial charge in [-0.25, -0.2) is 0 Å². The van der Waals surface area contributed by atoms with Crippen LogP contribution in [0.4, 0.5) is 0 Å². The van der Waals surface area contributed by atoms with Crippen molar-refractivity contribution in [2.75, 3.05) is 0 Å². The van der Waals surface area contributed by atoms with E-state index in [1.165, 1.54) is 18.9 Å². The molecule has 0 radical (unpaired) electrons. The first-order valence-corrected chi connectivity index (χ1v) is 11.5. The van der Waals surface area contributed by atoms with Crippen molar-refractivity contribution in [3.8, 4) is 0 Å². The second-order valence-corrected chi connectivity index (χ2v) is 13.8. The highest BCUT2D eigenvalue weighted by molar-refractivity contribution is 6.62. The third kappa shape index (κ3) is 5.64. The summed E-state index contributed by atoms with van der Waals surface area (Å²) in [5.41, 5.74) is 0. The molecule has 3 heteroatoms. The Morgan fingerprint density at radius 1 is 1.00 bits per heavy atom. The predicted molar refractivity (Wildman–Crippen MR) is 80.6 cm³/mol. The molecule has 0 aromatic heterocycles. The van der Waals surface area contributed by atoms with E-state index >= 15 is 0 Å². The van der Waals surface area contributed by atoms with Gasteiger partial charge in [0.1, 0.15) is 0 Å². The summed E-state index contributed by atoms with van der Waals surface area (Å²) in [6, 6.07) is 1.43. The maximum absolute atomic E-state index is 6.46. The summed E-state index contributed by atoms with van der Waals surface area (Å²) in [5, 5.41) is 0.574. The van der Waals surface area contributed by atoms with Crippen molar-refractivity contribution in [1.29, 1.82) is 0 Å². The van der Waals surface area contributed by atoms with E-state index in [0.717, 1.165) is 0 Å². The average Bonchev–Trinajstić information content (AvgIpc) is 2.11. The average molecular weight is 261 g/mol. The SMILES string of the molecule is CCCC[SiH](C)C(C)(C)O[SiH](C)C(C)(C)C. The van der Waals surface area contributed by atoms with Gasteiger partial charge in [-0.2, -0.15) is 0 Å². The van der Waals surface area contributed by atoms with E-state index in [0.29, 0.717) is 5.04 Å². The molecule has 16 heavy (non-hydrogen) atoms. The molecule has 0 aliphatic carbocycles. The van der Waals surface area contributed by atoms with Crippen molar-refractivity contribution in [2.45, 2.75) is 83.8 Å². The fraction of sp³-hybridized carbons (Fsp3) is 1.00. The Labute approximate surface area is 106 Å². The minimum Gasteiger partial charge on any atom is -0.418 e. The normalized spacial score (nSPS) is 17.2. The first-order chi connectivity index (χ1) is 7.11. The third-order valence-corrected chi connectivity index (χ3v) is 11.3. The van der Waals surface area contributed by atoms with E-state index in [4.69, 9.17) is 4.43 Å². The minimum absolute atomic E-state index is 0.189. The molecule has 1 nitrogen and oxygen atoms in total. The minimum atomic E-state index is -1.07. The Hall–Kier alpha value is 0.394. The van der Waals surface area contributed by atoms with Crippen LogP contribution in [0.1, 0.15) is 54.4 Å². The smallest absolute Gasteiger partial charge is 0.179 e. The largest absolute Gasteiger partial charge is 0.418 e. The molecule has 0 amide bonds. The van der Waals surface area contributed by atoms with Crippen molar-refractivity contribution < 1.29 is 4.43 Å². The lowest BCUT2D eigenvalue weighted by molar-refractivity contribution is 0.180. The van der Waals surface area contributed by atoms with Crippen molar-refractivity contribution in [1.82, 2.24) is 0 Å². The molecular formula is C13H32OSi2. The van der Waals surface area contributed by atoms with Gasteiger partial charge in [0.25, 0.3) is 0 Å². The summed E-state index contributed by atoms with van der Waals surface area (Å²) in [5.74, 6) is 0. The van der Waals surface area contributed by atoms with Crippen LogP contribution in [0.15, 0.2) is 0 Å². The second-order valence-electron chi connectivity index (χ2n) is 6.77. The second kappa shape index (κ2) is 6.36. The van der Waals surface area contributed by atoms with E-state index in [2.05, 4.69) is 54.6 Å². The van der Waals surface area contributed by atoms with Crippen molar-refractivity contribution in [3.63, 3.8) is 0 Å². The zero-order valence-electron chi connectivity index (χ0n) is 12.7. The molecule has 0 bridgehead atoms. The Morgan fingerprint density at radius 3 is 1.88 bits per heavy atom. The summed E-state index contributed by atoms with van der Waals surface area (Å²) in [7, 11) is -1.82. The van der Waals surface area contributed by atoms with Crippen LogP contribution in [0.2, 0.25) is 24.2 Å². The lowest BCUT2D eigenvalue weighted by Crippen LogP contribution is -2.46. The van der Waals surface area contributed by atoms with E-state index in [1.54, 1.807) is 0 Å². The van der Waals surface area contributed by atoms with Crippen LogP contribution >= 0.6 is 0 Å². The topological polar surface area (TPSA) is 9.23 Å². The molecule has 0 rings (SSSR count). The zero-order valence-corrected chi connectivity index (χ0v) is 15.0. The molecule has 0 aromatic carbocycles. The lowest BCUT2D eigenvalue weighted by Gasteiger charge is -2.38. The molecule has 0 aliphatic heterocycles. The number of rotatable bonds is 6. The van der Waals surface area contributed by atoms with Crippen LogP contribution in [-0.4, -0.2) is 23.1 Å². The van der Waals surface area contributed by atoms with Crippen LogP contribution in [0.5, 0.6) is 0 Å². The maximum atomic E-state index is 6.46. The van der Waals surface area contributed by atoms with Crippen molar-refractivity contribution in [3.05, 3.63) is 0 Å². The fourth-order valence-electron chi connectivity index (χ4n) is 1.61. The van der Waals surface area contributed by atoms with Gasteiger partial charge in [0, 0.05) is 5.22 Å². The highest BCUT2D eigenvalue weighted by Crippen LogP contribution is 2.31. The molecule has 2 atom stereocenters. The van der Waals surface area contributed by atoms with Gasteiger partial charge in [-0.1, -0.05) is 53.1 Å². The molecule has 0 saturated heterocycles. The van der Waals surface area contributed by atoms with Gasteiger partial charge in [0.15, 0.2) is 9.04 Å². The first-order valence-electron chi connectivity index (χ1n) is 6.79. The Kier molecular flexibility index (Phi) is 6.52. The summed E-state index contributed by atoms with van der Waals surface area (Å²) in [4.78, 5) is 0. The van der Waals surface area contributed by atoms with E-state index in [9.17, 15) is 0 Å². The molecular weight excluding hydrogens is 228 g/mol. The van der Waals surface area contributed by atoms with Gasteiger partial charge >= 0.3 is 0 Å². The molecule has 0 saturated carbocycles. The Bertz CT molecular complexity index is 197. The standard InChI is InChI=1S/C13H32OSi2/c1-9-10-11-15(7)13(5,6)14-16(8)12(2,3)4/h15-16H,9-11H2,1-8H3. The molecule has 0 N–H and O–H groups in total. The van der Waals surface area contributed by atoms with Crippen LogP contribution in [-0.2, 0) is 4.43 Å². The van der Waals surface area contributed by atoms with Crippen LogP contribution in [0.3, 0.4) is 0 Å². The summed E-state index contributed by atoms with van der Waals surface area (Å²) >= 11 is 0. The molecule has 0 heterocycles. The zero-order chi connectivity index (χ0) is 13.0. The predicted octanol–water partition coefficient (Wildman–Crippen LogP) is 4.13. The highest BCUT2D eigenvalue weighted by Gasteiger charge is 2.33. The quantitative estimate of drug-likeness (QED) is 0.653. The van der Waals surface area contributed by atoms with Gasteiger partial charge in [0.2, 0.25) is 0 Å². The van der Waals surface area contributed by atoms with Gasteiger partial charge in [0.05, 0.1) is 8.80 Å².